The van der Waals surface area contributed by atoms with E-state index < -0.39 is 18.2 Å². The van der Waals surface area contributed by atoms with Crippen molar-refractivity contribution in [1.29, 1.82) is 0 Å². The van der Waals surface area contributed by atoms with Gasteiger partial charge in [-0.3, -0.25) is 14.5 Å². The van der Waals surface area contributed by atoms with Crippen LogP contribution in [0.15, 0.2) is 0 Å². The molecule has 6 heteroatoms. The van der Waals surface area contributed by atoms with Crippen LogP contribution in [-0.4, -0.2) is 56.0 Å². The van der Waals surface area contributed by atoms with Gasteiger partial charge in [0, 0.05) is 26.9 Å². The van der Waals surface area contributed by atoms with E-state index in [1.54, 1.807) is 0 Å². The van der Waals surface area contributed by atoms with Crippen LogP contribution in [-0.2, 0) is 23.8 Å². The van der Waals surface area contributed by atoms with Crippen molar-refractivity contribution in [1.82, 2.24) is 4.90 Å². The standard InChI is InChI=1S/C10H17NO5/c1-8(12)15-10(16-9(2)13)7-11-3-5-14-6-4-11/h10H,3-7H2,1-2H3. The summed E-state index contributed by atoms with van der Waals surface area (Å²) >= 11 is 0. The molecule has 0 aromatic heterocycles. The number of carbonyl (C=O) groups is 2. The minimum absolute atomic E-state index is 0.391. The molecule has 0 aromatic carbocycles. The van der Waals surface area contributed by atoms with Gasteiger partial charge in [-0.25, -0.2) is 0 Å². The van der Waals surface area contributed by atoms with E-state index in [4.69, 9.17) is 14.2 Å². The Kier molecular flexibility index (Phi) is 5.21. The smallest absolute Gasteiger partial charge is 0.305 e. The van der Waals surface area contributed by atoms with E-state index in [1.165, 1.54) is 13.8 Å². The summed E-state index contributed by atoms with van der Waals surface area (Å²) in [5.41, 5.74) is 0. The lowest BCUT2D eigenvalue weighted by Gasteiger charge is -2.29. The summed E-state index contributed by atoms with van der Waals surface area (Å²) in [4.78, 5) is 23.7. The van der Waals surface area contributed by atoms with Gasteiger partial charge in [-0.2, -0.15) is 0 Å². The van der Waals surface area contributed by atoms with Crippen LogP contribution in [0.5, 0.6) is 0 Å². The molecule has 0 spiro atoms. The van der Waals surface area contributed by atoms with Gasteiger partial charge in [0.25, 0.3) is 6.29 Å². The maximum Gasteiger partial charge on any atom is 0.305 e. The van der Waals surface area contributed by atoms with Gasteiger partial charge in [0.1, 0.15) is 0 Å². The topological polar surface area (TPSA) is 65.1 Å². The molecule has 92 valence electrons. The van der Waals surface area contributed by atoms with Crippen molar-refractivity contribution < 1.29 is 23.8 Å². The lowest BCUT2D eigenvalue weighted by molar-refractivity contribution is -0.188. The Morgan fingerprint density at radius 1 is 1.19 bits per heavy atom. The second kappa shape index (κ2) is 6.44. The highest BCUT2D eigenvalue weighted by Crippen LogP contribution is 2.03. The fourth-order valence-electron chi connectivity index (χ4n) is 1.46. The van der Waals surface area contributed by atoms with Crippen molar-refractivity contribution in [2.24, 2.45) is 0 Å². The summed E-state index contributed by atoms with van der Waals surface area (Å²) < 4.78 is 15.0. The Morgan fingerprint density at radius 3 is 2.12 bits per heavy atom. The van der Waals surface area contributed by atoms with Crippen LogP contribution in [0, 0.1) is 0 Å². The third-order valence-corrected chi connectivity index (χ3v) is 2.11. The average molecular weight is 231 g/mol. The number of morpholine rings is 1. The largest absolute Gasteiger partial charge is 0.424 e. The Labute approximate surface area is 94.4 Å². The fourth-order valence-corrected chi connectivity index (χ4v) is 1.46. The van der Waals surface area contributed by atoms with E-state index in [9.17, 15) is 9.59 Å². The molecule has 1 saturated heterocycles. The van der Waals surface area contributed by atoms with E-state index in [1.807, 2.05) is 4.90 Å². The molecule has 0 amide bonds. The first-order valence-corrected chi connectivity index (χ1v) is 5.22. The number of nitrogens with zero attached hydrogens (tertiary/aromatic N) is 1. The summed E-state index contributed by atoms with van der Waals surface area (Å²) in [6.07, 6.45) is -0.826. The number of rotatable bonds is 4. The summed E-state index contributed by atoms with van der Waals surface area (Å²) in [7, 11) is 0. The van der Waals surface area contributed by atoms with Crippen molar-refractivity contribution in [3.8, 4) is 0 Å². The molecule has 0 atom stereocenters. The lowest BCUT2D eigenvalue weighted by atomic mass is 10.4. The SMILES string of the molecule is CC(=O)OC(CN1CCOCC1)OC(C)=O. The van der Waals surface area contributed by atoms with Crippen LogP contribution in [0.25, 0.3) is 0 Å². The fraction of sp³-hybridized carbons (Fsp3) is 0.800. The minimum atomic E-state index is -0.826. The highest BCUT2D eigenvalue weighted by Gasteiger charge is 2.21. The Balaban J connectivity index is 2.40. The summed E-state index contributed by atoms with van der Waals surface area (Å²) in [5.74, 6) is -0.918. The highest BCUT2D eigenvalue weighted by molar-refractivity contribution is 5.68. The molecule has 0 aliphatic carbocycles. The molecule has 16 heavy (non-hydrogen) atoms. The van der Waals surface area contributed by atoms with Crippen LogP contribution in [0.1, 0.15) is 13.8 Å². The molecule has 6 nitrogen and oxygen atoms in total. The number of esters is 2. The maximum atomic E-state index is 10.8. The minimum Gasteiger partial charge on any atom is -0.424 e. The molecule has 0 aromatic rings. The van der Waals surface area contributed by atoms with E-state index >= 15 is 0 Å². The first-order valence-electron chi connectivity index (χ1n) is 5.22. The van der Waals surface area contributed by atoms with Gasteiger partial charge in [0.15, 0.2) is 0 Å². The van der Waals surface area contributed by atoms with Crippen LogP contribution < -0.4 is 0 Å². The summed E-state index contributed by atoms with van der Waals surface area (Å²) in [6, 6.07) is 0. The highest BCUT2D eigenvalue weighted by atomic mass is 16.7. The van der Waals surface area contributed by atoms with Crippen molar-refractivity contribution in [3.05, 3.63) is 0 Å². The molecule has 1 rings (SSSR count). The molecular weight excluding hydrogens is 214 g/mol. The van der Waals surface area contributed by atoms with Gasteiger partial charge in [0.2, 0.25) is 0 Å². The van der Waals surface area contributed by atoms with Crippen molar-refractivity contribution in [3.63, 3.8) is 0 Å². The summed E-state index contributed by atoms with van der Waals surface area (Å²) in [6.45, 7) is 5.76. The molecule has 0 saturated carbocycles. The zero-order valence-electron chi connectivity index (χ0n) is 9.60. The maximum absolute atomic E-state index is 10.8. The normalized spacial score (nSPS) is 17.2. The van der Waals surface area contributed by atoms with Gasteiger partial charge in [-0.05, 0) is 0 Å². The Bertz CT molecular complexity index is 234. The molecule has 0 radical (unpaired) electrons. The third kappa shape index (κ3) is 5.09. The van der Waals surface area contributed by atoms with Crippen LogP contribution in [0.2, 0.25) is 0 Å². The summed E-state index contributed by atoms with van der Waals surface area (Å²) in [5, 5.41) is 0. The van der Waals surface area contributed by atoms with Gasteiger partial charge >= 0.3 is 11.9 Å². The Hall–Kier alpha value is -1.14. The first-order chi connectivity index (χ1) is 7.58. The molecule has 0 unspecified atom stereocenters. The molecule has 1 heterocycles. The monoisotopic (exact) mass is 231 g/mol. The van der Waals surface area contributed by atoms with E-state index in [0.717, 1.165) is 13.1 Å². The van der Waals surface area contributed by atoms with Crippen molar-refractivity contribution in [2.45, 2.75) is 20.1 Å². The molecule has 1 fully saturated rings. The van der Waals surface area contributed by atoms with Crippen molar-refractivity contribution >= 4 is 11.9 Å². The molecule has 0 N–H and O–H groups in total. The van der Waals surface area contributed by atoms with Gasteiger partial charge in [-0.1, -0.05) is 0 Å². The molecule has 1 aliphatic rings. The van der Waals surface area contributed by atoms with Gasteiger partial charge in [0.05, 0.1) is 19.8 Å². The third-order valence-electron chi connectivity index (χ3n) is 2.11. The van der Waals surface area contributed by atoms with E-state index in [2.05, 4.69) is 0 Å². The van der Waals surface area contributed by atoms with Crippen LogP contribution in [0.3, 0.4) is 0 Å². The number of carbonyl (C=O) groups excluding carboxylic acids is 2. The van der Waals surface area contributed by atoms with Crippen molar-refractivity contribution in [2.75, 3.05) is 32.8 Å². The Morgan fingerprint density at radius 2 is 1.69 bits per heavy atom. The van der Waals surface area contributed by atoms with E-state index in [-0.39, 0.29) is 0 Å². The van der Waals surface area contributed by atoms with Crippen LogP contribution in [0.4, 0.5) is 0 Å². The zero-order valence-corrected chi connectivity index (χ0v) is 9.60. The second-order valence-electron chi connectivity index (χ2n) is 3.56. The predicted molar refractivity (Wildman–Crippen MR) is 54.6 cm³/mol. The number of ether oxygens (including phenoxy) is 3. The zero-order chi connectivity index (χ0) is 12.0. The average Bonchev–Trinajstić information content (AvgIpc) is 2.16. The molecule has 0 bridgehead atoms. The quantitative estimate of drug-likeness (QED) is 0.492. The predicted octanol–water partition coefficient (Wildman–Crippen LogP) is -0.229. The molecular formula is C10H17NO5. The first kappa shape index (κ1) is 12.9. The number of hydrogen-bond donors (Lipinski definition) is 0. The van der Waals surface area contributed by atoms with Gasteiger partial charge < -0.3 is 14.2 Å². The second-order valence-corrected chi connectivity index (χ2v) is 3.56. The van der Waals surface area contributed by atoms with E-state index in [0.29, 0.717) is 19.8 Å². The lowest BCUT2D eigenvalue weighted by Crippen LogP contribution is -2.43. The van der Waals surface area contributed by atoms with Crippen LogP contribution >= 0.6 is 0 Å². The van der Waals surface area contributed by atoms with Gasteiger partial charge in [-0.15, -0.1) is 0 Å². The molecule has 1 aliphatic heterocycles. The number of hydrogen-bond acceptors (Lipinski definition) is 6.